The quantitative estimate of drug-likeness (QED) is 0.887. The molecule has 0 aliphatic carbocycles. The summed E-state index contributed by atoms with van der Waals surface area (Å²) < 4.78 is 1.81. The Kier molecular flexibility index (Phi) is 5.21. The van der Waals surface area contributed by atoms with Crippen molar-refractivity contribution >= 4 is 17.5 Å². The highest BCUT2D eigenvalue weighted by molar-refractivity contribution is 6.30. The van der Waals surface area contributed by atoms with E-state index in [4.69, 9.17) is 16.7 Å². The zero-order valence-electron chi connectivity index (χ0n) is 12.9. The molecule has 1 aromatic heterocycles. The van der Waals surface area contributed by atoms with Gasteiger partial charge in [0.2, 0.25) is 5.91 Å². The van der Waals surface area contributed by atoms with Crippen LogP contribution in [0.3, 0.4) is 0 Å². The standard InChI is InChI=1S/C16H20ClN3O2/c1-10(9-21)18-16(22)8-15-11(2)19-20(12(15)3)14-6-4-13(17)5-7-14/h4-7,10,21H,8-9H2,1-3H3,(H,18,22). The van der Waals surface area contributed by atoms with Gasteiger partial charge in [-0.2, -0.15) is 5.10 Å². The predicted octanol–water partition coefficient (Wildman–Crippen LogP) is 2.18. The van der Waals surface area contributed by atoms with E-state index in [1.807, 2.05) is 42.8 Å². The first-order chi connectivity index (χ1) is 10.4. The van der Waals surface area contributed by atoms with Crippen LogP contribution in [0.5, 0.6) is 0 Å². The molecular weight excluding hydrogens is 302 g/mol. The third-order valence-electron chi connectivity index (χ3n) is 3.53. The summed E-state index contributed by atoms with van der Waals surface area (Å²) in [6.07, 6.45) is 0.246. The van der Waals surface area contributed by atoms with Gasteiger partial charge in [-0.05, 0) is 45.0 Å². The summed E-state index contributed by atoms with van der Waals surface area (Å²) in [5, 5.41) is 16.9. The number of carbonyl (C=O) groups excluding carboxylic acids is 1. The maximum atomic E-state index is 12.0. The number of aliphatic hydroxyl groups excluding tert-OH is 1. The average Bonchev–Trinajstić information content (AvgIpc) is 2.76. The Bertz CT molecular complexity index is 665. The van der Waals surface area contributed by atoms with Crippen molar-refractivity contribution in [2.24, 2.45) is 0 Å². The first-order valence-corrected chi connectivity index (χ1v) is 7.51. The average molecular weight is 322 g/mol. The monoisotopic (exact) mass is 321 g/mol. The third-order valence-corrected chi connectivity index (χ3v) is 3.78. The lowest BCUT2D eigenvalue weighted by atomic mass is 10.1. The van der Waals surface area contributed by atoms with Gasteiger partial charge in [0, 0.05) is 22.3 Å². The summed E-state index contributed by atoms with van der Waals surface area (Å²) >= 11 is 5.90. The van der Waals surface area contributed by atoms with Crippen LogP contribution in [0.25, 0.3) is 5.69 Å². The van der Waals surface area contributed by atoms with Crippen molar-refractivity contribution < 1.29 is 9.90 Å². The molecule has 6 heteroatoms. The Balaban J connectivity index is 2.24. The van der Waals surface area contributed by atoms with Gasteiger partial charge >= 0.3 is 0 Å². The number of aromatic nitrogens is 2. The molecule has 0 radical (unpaired) electrons. The number of hydrogen-bond acceptors (Lipinski definition) is 3. The van der Waals surface area contributed by atoms with Gasteiger partial charge in [0.1, 0.15) is 0 Å². The minimum absolute atomic E-state index is 0.0757. The van der Waals surface area contributed by atoms with E-state index in [-0.39, 0.29) is 25.0 Å². The van der Waals surface area contributed by atoms with Crippen molar-refractivity contribution in [2.45, 2.75) is 33.2 Å². The van der Waals surface area contributed by atoms with Gasteiger partial charge in [-0.1, -0.05) is 11.6 Å². The largest absolute Gasteiger partial charge is 0.394 e. The second-order valence-electron chi connectivity index (χ2n) is 5.37. The first kappa shape index (κ1) is 16.5. The van der Waals surface area contributed by atoms with Crippen molar-refractivity contribution in [3.8, 4) is 5.69 Å². The molecule has 2 rings (SSSR count). The number of aliphatic hydroxyl groups is 1. The maximum absolute atomic E-state index is 12.0. The second-order valence-corrected chi connectivity index (χ2v) is 5.80. The molecule has 1 aromatic carbocycles. The lowest BCUT2D eigenvalue weighted by Gasteiger charge is -2.11. The molecule has 2 N–H and O–H groups in total. The van der Waals surface area contributed by atoms with Crippen molar-refractivity contribution in [2.75, 3.05) is 6.61 Å². The molecule has 0 saturated heterocycles. The van der Waals surface area contributed by atoms with E-state index >= 15 is 0 Å². The molecule has 1 amide bonds. The second kappa shape index (κ2) is 6.94. The number of nitrogens with one attached hydrogen (secondary N) is 1. The third kappa shape index (κ3) is 3.67. The molecule has 0 saturated carbocycles. The van der Waals surface area contributed by atoms with E-state index < -0.39 is 0 Å². The lowest BCUT2D eigenvalue weighted by molar-refractivity contribution is -0.121. The number of halogens is 1. The summed E-state index contributed by atoms with van der Waals surface area (Å²) in [6.45, 7) is 5.51. The number of nitrogens with zero attached hydrogens (tertiary/aromatic N) is 2. The highest BCUT2D eigenvalue weighted by atomic mass is 35.5. The smallest absolute Gasteiger partial charge is 0.224 e. The van der Waals surface area contributed by atoms with Gasteiger partial charge in [0.25, 0.3) is 0 Å². The van der Waals surface area contributed by atoms with Crippen LogP contribution >= 0.6 is 11.6 Å². The number of carbonyl (C=O) groups is 1. The molecule has 0 bridgehead atoms. The van der Waals surface area contributed by atoms with Crippen LogP contribution in [0.2, 0.25) is 5.02 Å². The summed E-state index contributed by atoms with van der Waals surface area (Å²) in [4.78, 5) is 12.0. The Hall–Kier alpha value is -1.85. The van der Waals surface area contributed by atoms with Crippen molar-refractivity contribution in [1.29, 1.82) is 0 Å². The molecule has 118 valence electrons. The minimum Gasteiger partial charge on any atom is -0.394 e. The summed E-state index contributed by atoms with van der Waals surface area (Å²) in [7, 11) is 0. The van der Waals surface area contributed by atoms with E-state index in [0.717, 1.165) is 22.6 Å². The zero-order valence-corrected chi connectivity index (χ0v) is 13.7. The molecule has 0 fully saturated rings. The summed E-state index contributed by atoms with van der Waals surface area (Å²) in [5.74, 6) is -0.122. The number of amides is 1. The summed E-state index contributed by atoms with van der Waals surface area (Å²) in [6, 6.07) is 7.14. The Morgan fingerprint density at radius 3 is 2.59 bits per heavy atom. The molecule has 1 heterocycles. The van der Waals surface area contributed by atoms with E-state index in [0.29, 0.717) is 5.02 Å². The van der Waals surface area contributed by atoms with Gasteiger partial charge in [0.05, 0.1) is 24.4 Å². The van der Waals surface area contributed by atoms with Gasteiger partial charge < -0.3 is 10.4 Å². The van der Waals surface area contributed by atoms with Crippen LogP contribution in [-0.2, 0) is 11.2 Å². The number of rotatable bonds is 5. The molecule has 1 unspecified atom stereocenters. The molecule has 2 aromatic rings. The molecular formula is C16H20ClN3O2. The van der Waals surface area contributed by atoms with Crippen molar-refractivity contribution in [3.05, 3.63) is 46.2 Å². The van der Waals surface area contributed by atoms with Crippen molar-refractivity contribution in [1.82, 2.24) is 15.1 Å². The lowest BCUT2D eigenvalue weighted by Crippen LogP contribution is -2.36. The van der Waals surface area contributed by atoms with Crippen LogP contribution in [0, 0.1) is 13.8 Å². The maximum Gasteiger partial charge on any atom is 0.224 e. The highest BCUT2D eigenvalue weighted by Gasteiger charge is 2.16. The molecule has 0 aliphatic rings. The molecule has 0 aliphatic heterocycles. The van der Waals surface area contributed by atoms with Gasteiger partial charge in [-0.15, -0.1) is 0 Å². The van der Waals surface area contributed by atoms with Gasteiger partial charge in [-0.25, -0.2) is 4.68 Å². The van der Waals surface area contributed by atoms with Gasteiger partial charge in [-0.3, -0.25) is 4.79 Å². The van der Waals surface area contributed by atoms with Crippen LogP contribution in [-0.4, -0.2) is 33.4 Å². The van der Waals surface area contributed by atoms with Gasteiger partial charge in [0.15, 0.2) is 0 Å². The van der Waals surface area contributed by atoms with E-state index in [1.165, 1.54) is 0 Å². The molecule has 1 atom stereocenters. The molecule has 5 nitrogen and oxygen atoms in total. The van der Waals surface area contributed by atoms with E-state index in [9.17, 15) is 4.79 Å². The van der Waals surface area contributed by atoms with Crippen LogP contribution in [0.15, 0.2) is 24.3 Å². The molecule has 22 heavy (non-hydrogen) atoms. The number of hydrogen-bond donors (Lipinski definition) is 2. The SMILES string of the molecule is Cc1nn(-c2ccc(Cl)cc2)c(C)c1CC(=O)NC(C)CO. The fraction of sp³-hybridized carbons (Fsp3) is 0.375. The van der Waals surface area contributed by atoms with Crippen LogP contribution < -0.4 is 5.32 Å². The fourth-order valence-corrected chi connectivity index (χ4v) is 2.42. The normalized spacial score (nSPS) is 12.2. The predicted molar refractivity (Wildman–Crippen MR) is 86.4 cm³/mol. The Morgan fingerprint density at radius 2 is 2.00 bits per heavy atom. The topological polar surface area (TPSA) is 67.2 Å². The Morgan fingerprint density at radius 1 is 1.36 bits per heavy atom. The van der Waals surface area contributed by atoms with Crippen LogP contribution in [0.4, 0.5) is 0 Å². The summed E-state index contributed by atoms with van der Waals surface area (Å²) in [5.41, 5.74) is 3.55. The fourth-order valence-electron chi connectivity index (χ4n) is 2.30. The number of aryl methyl sites for hydroxylation is 1. The molecule has 0 spiro atoms. The zero-order chi connectivity index (χ0) is 16.3. The van der Waals surface area contributed by atoms with E-state index in [1.54, 1.807) is 6.92 Å². The first-order valence-electron chi connectivity index (χ1n) is 7.13. The Labute approximate surface area is 134 Å². The van der Waals surface area contributed by atoms with E-state index in [2.05, 4.69) is 10.4 Å². The highest BCUT2D eigenvalue weighted by Crippen LogP contribution is 2.20. The number of benzene rings is 1. The minimum atomic E-state index is -0.251. The van der Waals surface area contributed by atoms with Crippen LogP contribution in [0.1, 0.15) is 23.9 Å². The van der Waals surface area contributed by atoms with Crippen molar-refractivity contribution in [3.63, 3.8) is 0 Å².